The third kappa shape index (κ3) is 4.25. The van der Waals surface area contributed by atoms with Crippen molar-refractivity contribution < 1.29 is 12.8 Å². The Balaban J connectivity index is 2.07. The zero-order chi connectivity index (χ0) is 16.3. The van der Waals surface area contributed by atoms with Crippen molar-refractivity contribution in [1.29, 1.82) is 0 Å². The van der Waals surface area contributed by atoms with Crippen molar-refractivity contribution in [2.45, 2.75) is 11.8 Å². The van der Waals surface area contributed by atoms with Crippen LogP contribution in [0, 0.1) is 12.7 Å². The molecule has 0 amide bonds. The minimum Gasteiger partial charge on any atom is -0.332 e. The van der Waals surface area contributed by atoms with Gasteiger partial charge in [-0.1, -0.05) is 6.07 Å². The number of aryl methyl sites for hydroxylation is 1. The number of hydrogen-bond donors (Lipinski definition) is 2. The molecule has 0 aliphatic carbocycles. The summed E-state index contributed by atoms with van der Waals surface area (Å²) in [4.78, 5) is 0.224. The number of halogens is 1. The maximum Gasteiger partial charge on any atom is 0.175 e. The predicted molar refractivity (Wildman–Crippen MR) is 90.5 cm³/mol. The van der Waals surface area contributed by atoms with E-state index < -0.39 is 15.7 Å². The third-order valence-electron chi connectivity index (χ3n) is 2.91. The largest absolute Gasteiger partial charge is 0.332 e. The Morgan fingerprint density at radius 1 is 1.09 bits per heavy atom. The van der Waals surface area contributed by atoms with Gasteiger partial charge in [-0.25, -0.2) is 12.8 Å². The zero-order valence-electron chi connectivity index (χ0n) is 12.1. The molecular weight excluding hydrogens is 323 g/mol. The number of nitrogens with one attached hydrogen (secondary N) is 2. The van der Waals surface area contributed by atoms with Gasteiger partial charge in [-0.15, -0.1) is 0 Å². The normalized spacial score (nSPS) is 11.0. The quantitative estimate of drug-likeness (QED) is 0.841. The Morgan fingerprint density at radius 3 is 2.32 bits per heavy atom. The highest BCUT2D eigenvalue weighted by Crippen LogP contribution is 2.17. The van der Waals surface area contributed by atoms with Gasteiger partial charge in [0.15, 0.2) is 14.9 Å². The van der Waals surface area contributed by atoms with Crippen LogP contribution in [0.5, 0.6) is 0 Å². The smallest absolute Gasteiger partial charge is 0.175 e. The summed E-state index contributed by atoms with van der Waals surface area (Å²) in [6.07, 6.45) is 1.14. The van der Waals surface area contributed by atoms with Crippen molar-refractivity contribution in [3.8, 4) is 0 Å². The van der Waals surface area contributed by atoms with Crippen LogP contribution in [0.15, 0.2) is 47.4 Å². The lowest BCUT2D eigenvalue weighted by atomic mass is 10.2. The van der Waals surface area contributed by atoms with E-state index in [1.807, 2.05) is 6.92 Å². The third-order valence-corrected chi connectivity index (χ3v) is 4.24. The van der Waals surface area contributed by atoms with Gasteiger partial charge in [0.2, 0.25) is 0 Å². The van der Waals surface area contributed by atoms with Gasteiger partial charge in [0.25, 0.3) is 0 Å². The number of thiocarbonyl (C=S) groups is 1. The maximum atomic E-state index is 13.6. The highest BCUT2D eigenvalue weighted by Gasteiger charge is 2.08. The summed E-state index contributed by atoms with van der Waals surface area (Å²) in [7, 11) is -3.23. The topological polar surface area (TPSA) is 58.2 Å². The minimum atomic E-state index is -3.23. The second kappa shape index (κ2) is 6.41. The van der Waals surface area contributed by atoms with Gasteiger partial charge in [0.1, 0.15) is 5.82 Å². The molecule has 0 bridgehead atoms. The molecule has 22 heavy (non-hydrogen) atoms. The SMILES string of the molecule is Cc1ccc(F)c(NC(=S)Nc2ccc(S(C)(=O)=O)cc2)c1. The first-order valence-corrected chi connectivity index (χ1v) is 8.70. The van der Waals surface area contributed by atoms with Crippen LogP contribution in [0.25, 0.3) is 0 Å². The number of sulfone groups is 1. The molecule has 0 saturated carbocycles. The predicted octanol–water partition coefficient (Wildman–Crippen LogP) is 3.35. The van der Waals surface area contributed by atoms with Crippen molar-refractivity contribution in [2.24, 2.45) is 0 Å². The summed E-state index contributed by atoms with van der Waals surface area (Å²) in [5, 5.41) is 5.87. The molecule has 0 aliphatic rings. The van der Waals surface area contributed by atoms with Crippen LogP contribution >= 0.6 is 12.2 Å². The monoisotopic (exact) mass is 338 g/mol. The number of anilines is 2. The first kappa shape index (κ1) is 16.4. The van der Waals surface area contributed by atoms with Gasteiger partial charge in [-0.05, 0) is 61.1 Å². The van der Waals surface area contributed by atoms with Crippen LogP contribution in [-0.2, 0) is 9.84 Å². The Morgan fingerprint density at radius 2 is 1.73 bits per heavy atom. The van der Waals surface area contributed by atoms with Crippen LogP contribution in [0.2, 0.25) is 0 Å². The number of hydrogen-bond acceptors (Lipinski definition) is 3. The summed E-state index contributed by atoms with van der Waals surface area (Å²) in [6, 6.07) is 10.8. The molecule has 0 spiro atoms. The molecule has 2 N–H and O–H groups in total. The fourth-order valence-electron chi connectivity index (χ4n) is 1.81. The van der Waals surface area contributed by atoms with Gasteiger partial charge in [-0.3, -0.25) is 0 Å². The molecule has 0 atom stereocenters. The molecular formula is C15H15FN2O2S2. The molecule has 0 heterocycles. The van der Waals surface area contributed by atoms with Crippen LogP contribution in [0.3, 0.4) is 0 Å². The molecule has 0 aromatic heterocycles. The summed E-state index contributed by atoms with van der Waals surface area (Å²) in [5.41, 5.74) is 1.80. The summed E-state index contributed by atoms with van der Waals surface area (Å²) >= 11 is 5.12. The molecule has 4 nitrogen and oxygen atoms in total. The lowest BCUT2D eigenvalue weighted by molar-refractivity contribution is 0.602. The van der Waals surface area contributed by atoms with Crippen LogP contribution in [0.4, 0.5) is 15.8 Å². The van der Waals surface area contributed by atoms with Crippen molar-refractivity contribution in [3.63, 3.8) is 0 Å². The molecule has 0 aliphatic heterocycles. The summed E-state index contributed by atoms with van der Waals surface area (Å²) in [6.45, 7) is 1.85. The van der Waals surface area contributed by atoms with Crippen LogP contribution in [0.1, 0.15) is 5.56 Å². The van der Waals surface area contributed by atoms with E-state index in [1.165, 1.54) is 18.2 Å². The van der Waals surface area contributed by atoms with Crippen molar-refractivity contribution in [3.05, 3.63) is 53.8 Å². The van der Waals surface area contributed by atoms with Gasteiger partial charge < -0.3 is 10.6 Å². The van der Waals surface area contributed by atoms with Gasteiger partial charge in [0.05, 0.1) is 10.6 Å². The van der Waals surface area contributed by atoms with E-state index in [0.29, 0.717) is 5.69 Å². The van der Waals surface area contributed by atoms with E-state index in [2.05, 4.69) is 10.6 Å². The molecule has 0 radical (unpaired) electrons. The molecule has 2 rings (SSSR count). The number of benzene rings is 2. The Bertz CT molecular complexity index is 803. The first-order valence-electron chi connectivity index (χ1n) is 6.40. The Kier molecular flexibility index (Phi) is 4.77. The highest BCUT2D eigenvalue weighted by molar-refractivity contribution is 7.90. The zero-order valence-corrected chi connectivity index (χ0v) is 13.7. The van der Waals surface area contributed by atoms with Crippen molar-refractivity contribution >= 4 is 38.5 Å². The lowest BCUT2D eigenvalue weighted by Gasteiger charge is -2.12. The second-order valence-corrected chi connectivity index (χ2v) is 7.28. The van der Waals surface area contributed by atoms with E-state index in [-0.39, 0.29) is 15.7 Å². The fraction of sp³-hybridized carbons (Fsp3) is 0.133. The van der Waals surface area contributed by atoms with Gasteiger partial charge in [-0.2, -0.15) is 0 Å². The molecule has 2 aromatic carbocycles. The van der Waals surface area contributed by atoms with Crippen LogP contribution < -0.4 is 10.6 Å². The average molecular weight is 338 g/mol. The van der Waals surface area contributed by atoms with Crippen LogP contribution in [-0.4, -0.2) is 19.8 Å². The molecule has 2 aromatic rings. The Labute approximate surface area is 134 Å². The van der Waals surface area contributed by atoms with E-state index in [1.54, 1.807) is 24.3 Å². The number of rotatable bonds is 3. The van der Waals surface area contributed by atoms with Gasteiger partial charge >= 0.3 is 0 Å². The highest BCUT2D eigenvalue weighted by atomic mass is 32.2. The molecule has 0 unspecified atom stereocenters. The first-order chi connectivity index (χ1) is 10.3. The van der Waals surface area contributed by atoms with E-state index in [0.717, 1.165) is 11.8 Å². The fourth-order valence-corrected chi connectivity index (χ4v) is 2.66. The second-order valence-electron chi connectivity index (χ2n) is 4.86. The lowest BCUT2D eigenvalue weighted by Crippen LogP contribution is -2.19. The summed E-state index contributed by atoms with van der Waals surface area (Å²) in [5.74, 6) is -0.401. The van der Waals surface area contributed by atoms with E-state index in [4.69, 9.17) is 12.2 Å². The maximum absolute atomic E-state index is 13.6. The van der Waals surface area contributed by atoms with Crippen molar-refractivity contribution in [1.82, 2.24) is 0 Å². The standard InChI is InChI=1S/C15H15FN2O2S2/c1-10-3-8-13(16)14(9-10)18-15(21)17-11-4-6-12(7-5-11)22(2,19)20/h3-9H,1-2H3,(H2,17,18,21). The van der Waals surface area contributed by atoms with Gasteiger partial charge in [0, 0.05) is 11.9 Å². The average Bonchev–Trinajstić information content (AvgIpc) is 2.42. The minimum absolute atomic E-state index is 0.219. The molecule has 0 fully saturated rings. The summed E-state index contributed by atoms with van der Waals surface area (Å²) < 4.78 is 36.4. The molecule has 116 valence electrons. The van der Waals surface area contributed by atoms with E-state index >= 15 is 0 Å². The Hall–Kier alpha value is -1.99. The van der Waals surface area contributed by atoms with Crippen molar-refractivity contribution in [2.75, 3.05) is 16.9 Å². The molecule has 0 saturated heterocycles. The van der Waals surface area contributed by atoms with E-state index in [9.17, 15) is 12.8 Å². The molecule has 7 heteroatoms.